The fourth-order valence-electron chi connectivity index (χ4n) is 6.00. The molecule has 1 saturated heterocycles. The van der Waals surface area contributed by atoms with Gasteiger partial charge in [0.25, 0.3) is 0 Å². The number of halogens is 1. The Morgan fingerprint density at radius 2 is 1.86 bits per heavy atom. The van der Waals surface area contributed by atoms with Crippen molar-refractivity contribution < 1.29 is 29.2 Å². The number of rotatable bonds is 5. The highest BCUT2D eigenvalue weighted by molar-refractivity contribution is 9.10. The summed E-state index contributed by atoms with van der Waals surface area (Å²) in [6, 6.07) is 16.6. The summed E-state index contributed by atoms with van der Waals surface area (Å²) < 4.78 is 18.3. The molecular weight excluding hydrogens is 528 g/mol. The third-order valence-corrected chi connectivity index (χ3v) is 8.13. The molecular formula is C27H25BrN2O6. The van der Waals surface area contributed by atoms with Gasteiger partial charge in [0.2, 0.25) is 5.91 Å². The second-order valence-electron chi connectivity index (χ2n) is 9.43. The lowest BCUT2D eigenvalue weighted by Gasteiger charge is -2.40. The first-order valence-corrected chi connectivity index (χ1v) is 12.5. The average molecular weight is 553 g/mol. The number of benzene rings is 2. The quantitative estimate of drug-likeness (QED) is 0.446. The molecule has 3 aliphatic rings. The summed E-state index contributed by atoms with van der Waals surface area (Å²) >= 11 is 3.48. The van der Waals surface area contributed by atoms with Gasteiger partial charge >= 0.3 is 0 Å². The summed E-state index contributed by atoms with van der Waals surface area (Å²) in [7, 11) is 1.47. The molecule has 5 atom stereocenters. The number of hydrogen-bond donors (Lipinski definition) is 3. The van der Waals surface area contributed by atoms with Crippen LogP contribution in [-0.4, -0.2) is 53.6 Å². The zero-order chi connectivity index (χ0) is 25.1. The van der Waals surface area contributed by atoms with E-state index in [1.54, 1.807) is 0 Å². The van der Waals surface area contributed by atoms with E-state index in [4.69, 9.17) is 14.2 Å². The van der Waals surface area contributed by atoms with Crippen molar-refractivity contribution in [3.8, 4) is 11.5 Å². The van der Waals surface area contributed by atoms with Gasteiger partial charge in [-0.05, 0) is 23.3 Å². The number of aliphatic hydroxyl groups is 2. The fourth-order valence-corrected chi connectivity index (χ4v) is 6.27. The molecule has 1 aliphatic carbocycles. The number of methoxy groups -OCH3 is 1. The maximum Gasteiger partial charge on any atom is 0.227 e. The monoisotopic (exact) mass is 552 g/mol. The smallest absolute Gasteiger partial charge is 0.227 e. The number of fused-ring (bicyclic) bond motifs is 3. The summed E-state index contributed by atoms with van der Waals surface area (Å²) in [5.74, 6) is -1.59. The Balaban J connectivity index is 1.63. The molecule has 5 unspecified atom stereocenters. The van der Waals surface area contributed by atoms with Crippen LogP contribution in [-0.2, 0) is 20.7 Å². The van der Waals surface area contributed by atoms with Gasteiger partial charge in [0.05, 0.1) is 50.2 Å². The third kappa shape index (κ3) is 3.10. The van der Waals surface area contributed by atoms with E-state index in [0.29, 0.717) is 24.5 Å². The number of hydrogen-bond acceptors (Lipinski definition) is 7. The van der Waals surface area contributed by atoms with E-state index in [9.17, 15) is 15.0 Å². The lowest BCUT2D eigenvalue weighted by molar-refractivity contribution is -0.155. The van der Waals surface area contributed by atoms with Gasteiger partial charge in [-0.3, -0.25) is 9.78 Å². The van der Waals surface area contributed by atoms with Gasteiger partial charge in [-0.25, -0.2) is 0 Å². The number of amides is 1. The van der Waals surface area contributed by atoms with Crippen LogP contribution >= 0.6 is 15.9 Å². The molecule has 0 bridgehead atoms. The largest absolute Gasteiger partial charge is 0.495 e. The summed E-state index contributed by atoms with van der Waals surface area (Å²) in [6.07, 6.45) is 1.45. The van der Waals surface area contributed by atoms with Crippen molar-refractivity contribution in [2.24, 2.45) is 5.92 Å². The molecule has 8 nitrogen and oxygen atoms in total. The van der Waals surface area contributed by atoms with Crippen LogP contribution in [0.15, 0.2) is 71.5 Å². The van der Waals surface area contributed by atoms with Crippen LogP contribution in [0.1, 0.15) is 22.6 Å². The number of carbonyl (C=O) groups excluding carboxylic acids is 1. The van der Waals surface area contributed by atoms with Crippen molar-refractivity contribution in [2.75, 3.05) is 20.3 Å². The standard InChI is InChI=1S/C27H25BrN2O6/c1-34-19-11-29-12-20-23(19)26(33)24(31)21(25(32)30-18-13-35-14-18)22(15-5-3-2-4-6-15)27(26,36-20)16-7-9-17(28)10-8-16/h2-12,18,21-22,24,31,33H,13-14H2,1H3,(H,30,32). The molecule has 3 aromatic rings. The lowest BCUT2D eigenvalue weighted by atomic mass is 9.70. The molecule has 2 aliphatic heterocycles. The number of ether oxygens (including phenoxy) is 3. The Morgan fingerprint density at radius 3 is 2.50 bits per heavy atom. The number of pyridine rings is 1. The molecule has 0 spiro atoms. The van der Waals surface area contributed by atoms with Crippen molar-refractivity contribution in [3.05, 3.63) is 88.2 Å². The summed E-state index contributed by atoms with van der Waals surface area (Å²) in [5.41, 5.74) is -1.94. The van der Waals surface area contributed by atoms with Gasteiger partial charge in [-0.1, -0.05) is 58.4 Å². The SMILES string of the molecule is COc1cncc2c1C1(O)C(O)C(C(=O)NC3COC3)C(c3ccccc3)C1(c1ccc(Br)cc1)O2. The van der Waals surface area contributed by atoms with Crippen molar-refractivity contribution in [2.45, 2.75) is 29.3 Å². The van der Waals surface area contributed by atoms with Gasteiger partial charge in [0.15, 0.2) is 11.2 Å². The highest BCUT2D eigenvalue weighted by atomic mass is 79.9. The Morgan fingerprint density at radius 1 is 1.14 bits per heavy atom. The van der Waals surface area contributed by atoms with Crippen molar-refractivity contribution in [3.63, 3.8) is 0 Å². The molecule has 2 fully saturated rings. The first-order valence-electron chi connectivity index (χ1n) is 11.7. The maximum atomic E-state index is 13.8. The van der Waals surface area contributed by atoms with E-state index >= 15 is 0 Å². The van der Waals surface area contributed by atoms with Crippen molar-refractivity contribution in [1.82, 2.24) is 10.3 Å². The van der Waals surface area contributed by atoms with Crippen LogP contribution in [0.4, 0.5) is 0 Å². The Kier molecular flexibility index (Phi) is 5.56. The molecule has 36 heavy (non-hydrogen) atoms. The van der Waals surface area contributed by atoms with Crippen LogP contribution in [0.2, 0.25) is 0 Å². The predicted octanol–water partition coefficient (Wildman–Crippen LogP) is 2.62. The molecule has 1 aromatic heterocycles. The van der Waals surface area contributed by atoms with E-state index in [-0.39, 0.29) is 23.3 Å². The minimum absolute atomic E-state index is 0.147. The number of aliphatic hydroxyl groups excluding tert-OH is 1. The minimum Gasteiger partial charge on any atom is -0.495 e. The molecule has 1 amide bonds. The van der Waals surface area contributed by atoms with Crippen molar-refractivity contribution >= 4 is 21.8 Å². The van der Waals surface area contributed by atoms with E-state index < -0.39 is 29.1 Å². The molecule has 0 radical (unpaired) electrons. The van der Waals surface area contributed by atoms with Crippen LogP contribution in [0.3, 0.4) is 0 Å². The van der Waals surface area contributed by atoms with Gasteiger partial charge in [-0.15, -0.1) is 0 Å². The number of aromatic nitrogens is 1. The van der Waals surface area contributed by atoms with Gasteiger partial charge in [0.1, 0.15) is 17.6 Å². The summed E-state index contributed by atoms with van der Waals surface area (Å²) in [6.45, 7) is 0.816. The zero-order valence-corrected chi connectivity index (χ0v) is 21.0. The van der Waals surface area contributed by atoms with Crippen LogP contribution in [0.5, 0.6) is 11.5 Å². The highest BCUT2D eigenvalue weighted by Gasteiger charge is 2.78. The zero-order valence-electron chi connectivity index (χ0n) is 19.4. The fraction of sp³-hybridized carbons (Fsp3) is 0.333. The van der Waals surface area contributed by atoms with Gasteiger partial charge < -0.3 is 29.7 Å². The predicted molar refractivity (Wildman–Crippen MR) is 133 cm³/mol. The second-order valence-corrected chi connectivity index (χ2v) is 10.3. The minimum atomic E-state index is -2.02. The van der Waals surface area contributed by atoms with Gasteiger partial charge in [0, 0.05) is 10.4 Å². The van der Waals surface area contributed by atoms with Crippen LogP contribution in [0, 0.1) is 5.92 Å². The van der Waals surface area contributed by atoms with Crippen LogP contribution in [0.25, 0.3) is 0 Å². The molecule has 186 valence electrons. The molecule has 2 aromatic carbocycles. The number of nitrogens with zero attached hydrogens (tertiary/aromatic N) is 1. The first-order chi connectivity index (χ1) is 17.4. The van der Waals surface area contributed by atoms with Crippen LogP contribution < -0.4 is 14.8 Å². The van der Waals surface area contributed by atoms with E-state index in [1.807, 2.05) is 54.6 Å². The molecule has 6 rings (SSSR count). The third-order valence-electron chi connectivity index (χ3n) is 7.60. The first kappa shape index (κ1) is 23.4. The van der Waals surface area contributed by atoms with Crippen molar-refractivity contribution in [1.29, 1.82) is 0 Å². The Labute approximate surface area is 216 Å². The second kappa shape index (κ2) is 8.55. The van der Waals surface area contributed by atoms with E-state index in [0.717, 1.165) is 10.0 Å². The van der Waals surface area contributed by atoms with E-state index in [1.165, 1.54) is 19.5 Å². The van der Waals surface area contributed by atoms with E-state index in [2.05, 4.69) is 26.2 Å². The summed E-state index contributed by atoms with van der Waals surface area (Å²) in [5, 5.41) is 27.6. The lowest BCUT2D eigenvalue weighted by Crippen LogP contribution is -2.53. The summed E-state index contributed by atoms with van der Waals surface area (Å²) in [4.78, 5) is 18.0. The Hall–Kier alpha value is -2.98. The van der Waals surface area contributed by atoms with Gasteiger partial charge in [-0.2, -0.15) is 0 Å². The molecule has 9 heteroatoms. The molecule has 1 saturated carbocycles. The number of nitrogens with one attached hydrogen (secondary N) is 1. The normalized spacial score (nSPS) is 30.6. The highest BCUT2D eigenvalue weighted by Crippen LogP contribution is 2.69. The molecule has 3 heterocycles. The maximum absolute atomic E-state index is 13.8. The topological polar surface area (TPSA) is 110 Å². The Bertz CT molecular complexity index is 1300. The molecule has 3 N–H and O–H groups in total. The average Bonchev–Trinajstić information content (AvgIpc) is 3.25. The number of carbonyl (C=O) groups is 1.